The van der Waals surface area contributed by atoms with Gasteiger partial charge in [0, 0.05) is 51.9 Å². The van der Waals surface area contributed by atoms with Gasteiger partial charge in [-0.2, -0.15) is 0 Å². The molecule has 3 fully saturated rings. The summed E-state index contributed by atoms with van der Waals surface area (Å²) >= 11 is 0. The predicted octanol–water partition coefficient (Wildman–Crippen LogP) is 1.65. The fourth-order valence-corrected chi connectivity index (χ4v) is 5.19. The summed E-state index contributed by atoms with van der Waals surface area (Å²) in [5, 5.41) is 0. The van der Waals surface area contributed by atoms with Gasteiger partial charge in [0.25, 0.3) is 0 Å². The van der Waals surface area contributed by atoms with Crippen molar-refractivity contribution in [2.45, 2.75) is 58.4 Å². The molecule has 0 aromatic carbocycles. The third kappa shape index (κ3) is 5.23. The molecular formula is C21H38N4O2. The van der Waals surface area contributed by atoms with Crippen LogP contribution in [0.2, 0.25) is 0 Å². The molecule has 0 N–H and O–H groups in total. The number of rotatable bonds is 6. The number of likely N-dealkylation sites (tertiary alicyclic amines) is 1. The fourth-order valence-electron chi connectivity index (χ4n) is 5.19. The molecule has 2 atom stereocenters. The first-order chi connectivity index (χ1) is 13.1. The molecule has 1 aliphatic carbocycles. The highest BCUT2D eigenvalue weighted by Crippen LogP contribution is 2.35. The summed E-state index contributed by atoms with van der Waals surface area (Å²) in [6.45, 7) is 11.2. The van der Waals surface area contributed by atoms with Gasteiger partial charge in [0.1, 0.15) is 0 Å². The zero-order valence-corrected chi connectivity index (χ0v) is 17.4. The Hall–Kier alpha value is -1.14. The number of piperazine rings is 1. The summed E-state index contributed by atoms with van der Waals surface area (Å²) in [6, 6.07) is 0.507. The molecule has 0 aromatic heterocycles. The number of piperidine rings is 1. The molecule has 0 aromatic rings. The molecule has 2 heterocycles. The van der Waals surface area contributed by atoms with Gasteiger partial charge in [0.05, 0.1) is 13.1 Å². The van der Waals surface area contributed by atoms with Gasteiger partial charge < -0.3 is 9.80 Å². The van der Waals surface area contributed by atoms with Crippen molar-refractivity contribution in [3.63, 3.8) is 0 Å². The number of hydrogen-bond donors (Lipinski definition) is 0. The Kier molecular flexibility index (Phi) is 7.53. The summed E-state index contributed by atoms with van der Waals surface area (Å²) in [5.74, 6) is 1.31. The van der Waals surface area contributed by atoms with Crippen LogP contribution in [0.3, 0.4) is 0 Å². The summed E-state index contributed by atoms with van der Waals surface area (Å²) < 4.78 is 0. The number of likely N-dealkylation sites (N-methyl/N-ethyl adjacent to an activating group) is 1. The Morgan fingerprint density at radius 1 is 0.815 bits per heavy atom. The second-order valence-electron chi connectivity index (χ2n) is 8.46. The summed E-state index contributed by atoms with van der Waals surface area (Å²) in [6.07, 6.45) is 7.63. The minimum atomic E-state index is 0.223. The Morgan fingerprint density at radius 2 is 1.41 bits per heavy atom. The molecule has 3 rings (SSSR count). The molecule has 2 aliphatic heterocycles. The predicted molar refractivity (Wildman–Crippen MR) is 108 cm³/mol. The average Bonchev–Trinajstić information content (AvgIpc) is 2.70. The molecule has 0 radical (unpaired) electrons. The van der Waals surface area contributed by atoms with Crippen LogP contribution in [-0.4, -0.2) is 96.4 Å². The van der Waals surface area contributed by atoms with Crippen LogP contribution >= 0.6 is 0 Å². The SMILES string of the molecule is CCN(CC)C(=O)CN1CCN(CC(=O)N2CCCC3CCCCC32)CC1. The lowest BCUT2D eigenvalue weighted by molar-refractivity contribution is -0.140. The van der Waals surface area contributed by atoms with E-state index in [1.165, 1.54) is 38.5 Å². The number of carbonyl (C=O) groups excluding carboxylic acids is 2. The molecule has 0 bridgehead atoms. The minimum absolute atomic E-state index is 0.223. The van der Waals surface area contributed by atoms with Gasteiger partial charge >= 0.3 is 0 Å². The third-order valence-corrected chi connectivity index (χ3v) is 6.86. The smallest absolute Gasteiger partial charge is 0.237 e. The highest BCUT2D eigenvalue weighted by atomic mass is 16.2. The van der Waals surface area contributed by atoms with Crippen molar-refractivity contribution in [1.29, 1.82) is 0 Å². The van der Waals surface area contributed by atoms with E-state index in [0.29, 0.717) is 25.0 Å². The zero-order chi connectivity index (χ0) is 19.2. The first-order valence-electron chi connectivity index (χ1n) is 11.1. The first-order valence-corrected chi connectivity index (χ1v) is 11.1. The first kappa shape index (κ1) is 20.6. The van der Waals surface area contributed by atoms with Crippen LogP contribution in [0.4, 0.5) is 0 Å². The van der Waals surface area contributed by atoms with Crippen molar-refractivity contribution in [2.24, 2.45) is 5.92 Å². The van der Waals surface area contributed by atoms with Gasteiger partial charge in [-0.05, 0) is 45.4 Å². The second kappa shape index (κ2) is 9.87. The Bertz CT molecular complexity index is 498. The molecule has 1 saturated carbocycles. The van der Waals surface area contributed by atoms with Crippen molar-refractivity contribution in [3.8, 4) is 0 Å². The van der Waals surface area contributed by atoms with Crippen LogP contribution in [0.5, 0.6) is 0 Å². The third-order valence-electron chi connectivity index (χ3n) is 6.86. The average molecular weight is 379 g/mol. The summed E-state index contributed by atoms with van der Waals surface area (Å²) in [5.41, 5.74) is 0. The highest BCUT2D eigenvalue weighted by molar-refractivity contribution is 5.79. The standard InChI is InChI=1S/C21H38N4O2/c1-3-24(4-2)20(26)16-22-12-14-23(15-13-22)17-21(27)25-11-7-9-18-8-5-6-10-19(18)25/h18-19H,3-17H2,1-2H3. The van der Waals surface area contributed by atoms with Gasteiger partial charge in [0.2, 0.25) is 11.8 Å². The molecule has 2 unspecified atom stereocenters. The van der Waals surface area contributed by atoms with E-state index in [4.69, 9.17) is 0 Å². The number of hydrogen-bond acceptors (Lipinski definition) is 4. The Morgan fingerprint density at radius 3 is 2.07 bits per heavy atom. The molecule has 2 amide bonds. The van der Waals surface area contributed by atoms with Crippen molar-refractivity contribution in [2.75, 3.05) is 58.9 Å². The van der Waals surface area contributed by atoms with Gasteiger partial charge in [-0.1, -0.05) is 12.8 Å². The molecule has 6 heteroatoms. The fraction of sp³-hybridized carbons (Fsp3) is 0.905. The van der Waals surface area contributed by atoms with E-state index in [1.54, 1.807) is 0 Å². The van der Waals surface area contributed by atoms with Gasteiger partial charge in [0.15, 0.2) is 0 Å². The Balaban J connectivity index is 1.43. The number of carbonyl (C=O) groups is 2. The molecule has 154 valence electrons. The quantitative estimate of drug-likeness (QED) is 0.705. The van der Waals surface area contributed by atoms with Crippen molar-refractivity contribution >= 4 is 11.8 Å². The van der Waals surface area contributed by atoms with E-state index in [9.17, 15) is 9.59 Å². The molecule has 2 saturated heterocycles. The number of amides is 2. The van der Waals surface area contributed by atoms with E-state index in [1.807, 2.05) is 18.7 Å². The lowest BCUT2D eigenvalue weighted by Crippen LogP contribution is -2.55. The molecule has 3 aliphatic rings. The molecule has 0 spiro atoms. The van der Waals surface area contributed by atoms with E-state index < -0.39 is 0 Å². The summed E-state index contributed by atoms with van der Waals surface area (Å²) in [7, 11) is 0. The molecular weight excluding hydrogens is 340 g/mol. The molecule has 6 nitrogen and oxygen atoms in total. The van der Waals surface area contributed by atoms with Gasteiger partial charge in [-0.15, -0.1) is 0 Å². The van der Waals surface area contributed by atoms with Crippen LogP contribution in [0, 0.1) is 5.92 Å². The normalized spacial score (nSPS) is 27.3. The second-order valence-corrected chi connectivity index (χ2v) is 8.46. The maximum Gasteiger partial charge on any atom is 0.237 e. The lowest BCUT2D eigenvalue weighted by Gasteiger charge is -2.45. The monoisotopic (exact) mass is 378 g/mol. The van der Waals surface area contributed by atoms with Crippen molar-refractivity contribution in [3.05, 3.63) is 0 Å². The van der Waals surface area contributed by atoms with Crippen LogP contribution < -0.4 is 0 Å². The van der Waals surface area contributed by atoms with Crippen LogP contribution in [-0.2, 0) is 9.59 Å². The van der Waals surface area contributed by atoms with E-state index in [-0.39, 0.29) is 5.91 Å². The molecule has 27 heavy (non-hydrogen) atoms. The van der Waals surface area contributed by atoms with Crippen LogP contribution in [0.1, 0.15) is 52.4 Å². The maximum absolute atomic E-state index is 13.0. The van der Waals surface area contributed by atoms with E-state index >= 15 is 0 Å². The minimum Gasteiger partial charge on any atom is -0.342 e. The van der Waals surface area contributed by atoms with E-state index in [2.05, 4.69) is 14.7 Å². The van der Waals surface area contributed by atoms with Crippen LogP contribution in [0.15, 0.2) is 0 Å². The van der Waals surface area contributed by atoms with Crippen molar-refractivity contribution < 1.29 is 9.59 Å². The highest BCUT2D eigenvalue weighted by Gasteiger charge is 2.36. The van der Waals surface area contributed by atoms with Gasteiger partial charge in [-0.25, -0.2) is 0 Å². The van der Waals surface area contributed by atoms with Crippen molar-refractivity contribution in [1.82, 2.24) is 19.6 Å². The zero-order valence-electron chi connectivity index (χ0n) is 17.4. The lowest BCUT2D eigenvalue weighted by atomic mass is 9.78. The van der Waals surface area contributed by atoms with Crippen LogP contribution in [0.25, 0.3) is 0 Å². The topological polar surface area (TPSA) is 47.1 Å². The summed E-state index contributed by atoms with van der Waals surface area (Å²) in [4.78, 5) is 33.9. The largest absolute Gasteiger partial charge is 0.342 e. The number of nitrogens with zero attached hydrogens (tertiary/aromatic N) is 4. The maximum atomic E-state index is 13.0. The van der Waals surface area contributed by atoms with Gasteiger partial charge in [-0.3, -0.25) is 19.4 Å². The Labute approximate surface area is 164 Å². The number of fused-ring (bicyclic) bond motifs is 1. The van der Waals surface area contributed by atoms with E-state index in [0.717, 1.165) is 51.7 Å².